The number of nitrogens with one attached hydrogen (secondary N) is 2. The summed E-state index contributed by atoms with van der Waals surface area (Å²) in [6, 6.07) is 11.3. The van der Waals surface area contributed by atoms with E-state index < -0.39 is 34.2 Å². The van der Waals surface area contributed by atoms with E-state index in [1.54, 1.807) is 6.92 Å². The summed E-state index contributed by atoms with van der Waals surface area (Å²) in [5.41, 5.74) is 3.81. The molecular formula is C20H15F3N4O4S2. The second-order valence-electron chi connectivity index (χ2n) is 6.53. The molecule has 0 unspecified atom stereocenters. The van der Waals surface area contributed by atoms with Crippen LogP contribution in [-0.4, -0.2) is 27.5 Å². The maximum Gasteiger partial charge on any atom is 0.416 e. The number of aryl methyl sites for hydroxylation is 1. The molecular weight excluding hydrogens is 481 g/mol. The first kappa shape index (κ1) is 24.2. The number of benzene rings is 2. The zero-order chi connectivity index (χ0) is 24.2. The number of nitro groups is 1. The number of amides is 2. The minimum absolute atomic E-state index is 0.111. The number of carbonyl (C=O) groups excluding carboxylic acids is 2. The molecule has 172 valence electrons. The Bertz CT molecular complexity index is 1200. The van der Waals surface area contributed by atoms with Crippen molar-refractivity contribution in [2.75, 3.05) is 5.75 Å². The molecule has 0 aliphatic carbocycles. The normalized spacial score (nSPS) is 11.2. The number of rotatable bonds is 6. The minimum Gasteiger partial charge on any atom is -0.272 e. The molecule has 0 aliphatic rings. The molecule has 2 N–H and O–H groups in total. The summed E-state index contributed by atoms with van der Waals surface area (Å²) >= 11 is 1.82. The van der Waals surface area contributed by atoms with E-state index in [-0.39, 0.29) is 10.6 Å². The summed E-state index contributed by atoms with van der Waals surface area (Å²) in [6.45, 7) is 1.65. The average Bonchev–Trinajstić information content (AvgIpc) is 3.17. The van der Waals surface area contributed by atoms with Crippen LogP contribution in [-0.2, 0) is 11.0 Å². The highest BCUT2D eigenvalue weighted by Gasteiger charge is 2.33. The number of nitro benzene ring substituents is 1. The van der Waals surface area contributed by atoms with Gasteiger partial charge in [0.25, 0.3) is 11.6 Å². The van der Waals surface area contributed by atoms with Crippen molar-refractivity contribution in [1.29, 1.82) is 0 Å². The summed E-state index contributed by atoms with van der Waals surface area (Å²) in [5, 5.41) is 11.8. The Morgan fingerprint density at radius 3 is 2.48 bits per heavy atom. The lowest BCUT2D eigenvalue weighted by Gasteiger charge is -2.09. The van der Waals surface area contributed by atoms with Crippen LogP contribution in [0, 0.1) is 17.0 Å². The van der Waals surface area contributed by atoms with Gasteiger partial charge in [0.2, 0.25) is 5.91 Å². The van der Waals surface area contributed by atoms with Crippen molar-refractivity contribution in [3.05, 3.63) is 74.8 Å². The van der Waals surface area contributed by atoms with Crippen LogP contribution < -0.4 is 10.9 Å². The first-order valence-electron chi connectivity index (χ1n) is 9.16. The maximum absolute atomic E-state index is 12.8. The smallest absolute Gasteiger partial charge is 0.272 e. The zero-order valence-electron chi connectivity index (χ0n) is 16.8. The zero-order valence-corrected chi connectivity index (χ0v) is 18.4. The lowest BCUT2D eigenvalue weighted by atomic mass is 10.2. The van der Waals surface area contributed by atoms with Gasteiger partial charge in [-0.25, -0.2) is 4.98 Å². The molecule has 0 bridgehead atoms. The summed E-state index contributed by atoms with van der Waals surface area (Å²) < 4.78 is 38.3. The average molecular weight is 496 g/mol. The van der Waals surface area contributed by atoms with E-state index in [2.05, 4.69) is 15.8 Å². The number of hydrogen-bond donors (Lipinski definition) is 2. The van der Waals surface area contributed by atoms with Crippen LogP contribution in [0.25, 0.3) is 10.6 Å². The molecule has 0 atom stereocenters. The maximum atomic E-state index is 12.8. The largest absolute Gasteiger partial charge is 0.416 e. The second kappa shape index (κ2) is 10.0. The molecule has 13 heteroatoms. The van der Waals surface area contributed by atoms with Crippen molar-refractivity contribution in [2.24, 2.45) is 0 Å². The van der Waals surface area contributed by atoms with Crippen LogP contribution in [0.3, 0.4) is 0 Å². The third-order valence-electron chi connectivity index (χ3n) is 4.18. The molecule has 2 amide bonds. The van der Waals surface area contributed by atoms with Crippen molar-refractivity contribution < 1.29 is 27.7 Å². The third-order valence-corrected chi connectivity index (χ3v) is 6.45. The number of aromatic nitrogens is 1. The van der Waals surface area contributed by atoms with Gasteiger partial charge in [0.05, 0.1) is 26.8 Å². The van der Waals surface area contributed by atoms with Crippen LogP contribution in [0.15, 0.2) is 53.4 Å². The van der Waals surface area contributed by atoms with Crippen LogP contribution >= 0.6 is 23.1 Å². The van der Waals surface area contributed by atoms with E-state index in [1.807, 2.05) is 30.3 Å². The topological polar surface area (TPSA) is 114 Å². The molecule has 2 aromatic carbocycles. The Balaban J connectivity index is 1.60. The van der Waals surface area contributed by atoms with Crippen LogP contribution in [0.4, 0.5) is 18.9 Å². The number of thiazole rings is 1. The monoisotopic (exact) mass is 496 g/mol. The molecule has 0 spiro atoms. The van der Waals surface area contributed by atoms with Gasteiger partial charge in [-0.15, -0.1) is 23.1 Å². The molecule has 1 aromatic heterocycles. The molecule has 8 nitrogen and oxygen atoms in total. The van der Waals surface area contributed by atoms with Gasteiger partial charge in [-0.1, -0.05) is 30.3 Å². The molecule has 3 rings (SSSR count). The third kappa shape index (κ3) is 6.08. The van der Waals surface area contributed by atoms with Crippen molar-refractivity contribution in [1.82, 2.24) is 15.8 Å². The van der Waals surface area contributed by atoms with Gasteiger partial charge in [0.1, 0.15) is 9.88 Å². The first-order valence-corrected chi connectivity index (χ1v) is 11.0. The van der Waals surface area contributed by atoms with E-state index in [0.717, 1.165) is 23.0 Å². The van der Waals surface area contributed by atoms with E-state index in [4.69, 9.17) is 0 Å². The van der Waals surface area contributed by atoms with Crippen molar-refractivity contribution in [3.8, 4) is 10.6 Å². The fourth-order valence-corrected chi connectivity index (χ4v) is 4.40. The van der Waals surface area contributed by atoms with Crippen molar-refractivity contribution >= 4 is 40.6 Å². The van der Waals surface area contributed by atoms with E-state index in [1.165, 1.54) is 0 Å². The predicted molar refractivity (Wildman–Crippen MR) is 117 cm³/mol. The molecule has 0 radical (unpaired) electrons. The predicted octanol–water partition coefficient (Wildman–Crippen LogP) is 4.60. The van der Waals surface area contributed by atoms with Gasteiger partial charge in [-0.2, -0.15) is 13.2 Å². The standard InChI is InChI=1S/C20H15F3N4O4S2/c1-11-17(33-19(24-11)12-5-3-2-4-6-12)18(29)26-25-16(28)10-32-15-8-7-13(20(21,22)23)9-14(15)27(30)31/h2-9H,10H2,1H3,(H,25,28)(H,26,29). The fourth-order valence-electron chi connectivity index (χ4n) is 2.63. The summed E-state index contributed by atoms with van der Waals surface area (Å²) in [6.07, 6.45) is -4.73. The fraction of sp³-hybridized carbons (Fsp3) is 0.150. The Hall–Kier alpha value is -3.45. The highest BCUT2D eigenvalue weighted by molar-refractivity contribution is 8.00. The number of hydrogen-bond acceptors (Lipinski definition) is 7. The highest BCUT2D eigenvalue weighted by atomic mass is 32.2. The summed E-state index contributed by atoms with van der Waals surface area (Å²) in [7, 11) is 0. The first-order chi connectivity index (χ1) is 15.6. The Morgan fingerprint density at radius 1 is 1.15 bits per heavy atom. The molecule has 1 heterocycles. The summed E-state index contributed by atoms with van der Waals surface area (Å²) in [5.74, 6) is -1.66. The van der Waals surface area contributed by atoms with Crippen LogP contribution in [0.2, 0.25) is 0 Å². The molecule has 0 saturated carbocycles. The van der Waals surface area contributed by atoms with Gasteiger partial charge in [0.15, 0.2) is 0 Å². The number of carbonyl (C=O) groups is 2. The minimum atomic E-state index is -4.73. The number of alkyl halides is 3. The van der Waals surface area contributed by atoms with E-state index in [0.29, 0.717) is 39.5 Å². The lowest BCUT2D eigenvalue weighted by molar-refractivity contribution is -0.388. The van der Waals surface area contributed by atoms with Crippen LogP contribution in [0.5, 0.6) is 0 Å². The van der Waals surface area contributed by atoms with Gasteiger partial charge in [0, 0.05) is 11.6 Å². The lowest BCUT2D eigenvalue weighted by Crippen LogP contribution is -2.42. The van der Waals surface area contributed by atoms with Crippen molar-refractivity contribution in [2.45, 2.75) is 18.0 Å². The Kier molecular flexibility index (Phi) is 7.33. The summed E-state index contributed by atoms with van der Waals surface area (Å²) in [4.78, 5) is 39.2. The number of nitrogens with zero attached hydrogens (tertiary/aromatic N) is 2. The van der Waals surface area contributed by atoms with E-state index in [9.17, 15) is 32.9 Å². The highest BCUT2D eigenvalue weighted by Crippen LogP contribution is 2.36. The molecule has 0 saturated heterocycles. The van der Waals surface area contributed by atoms with Crippen LogP contribution in [0.1, 0.15) is 20.9 Å². The molecule has 3 aromatic rings. The number of halogens is 3. The molecule has 33 heavy (non-hydrogen) atoms. The quantitative estimate of drug-likeness (QED) is 0.293. The Labute approximate surface area is 193 Å². The molecule has 0 fully saturated rings. The van der Waals surface area contributed by atoms with Gasteiger partial charge in [-0.05, 0) is 19.1 Å². The Morgan fingerprint density at radius 2 is 1.85 bits per heavy atom. The number of hydrazine groups is 1. The van der Waals surface area contributed by atoms with E-state index >= 15 is 0 Å². The van der Waals surface area contributed by atoms with Gasteiger partial charge >= 0.3 is 6.18 Å². The molecule has 0 aliphatic heterocycles. The number of thioether (sulfide) groups is 1. The van der Waals surface area contributed by atoms with Gasteiger partial charge < -0.3 is 0 Å². The SMILES string of the molecule is Cc1nc(-c2ccccc2)sc1C(=O)NNC(=O)CSc1ccc(C(F)(F)F)cc1[N+](=O)[O-]. The second-order valence-corrected chi connectivity index (χ2v) is 8.54. The van der Waals surface area contributed by atoms with Gasteiger partial charge in [-0.3, -0.25) is 30.6 Å². The van der Waals surface area contributed by atoms with Crippen molar-refractivity contribution in [3.63, 3.8) is 0 Å².